The van der Waals surface area contributed by atoms with E-state index in [1.165, 1.54) is 0 Å². The summed E-state index contributed by atoms with van der Waals surface area (Å²) in [7, 11) is 1.91. The van der Waals surface area contributed by atoms with Gasteiger partial charge in [-0.05, 0) is 36.1 Å². The van der Waals surface area contributed by atoms with E-state index in [2.05, 4.69) is 44.2 Å². The zero-order chi connectivity index (χ0) is 22.1. The lowest BCUT2D eigenvalue weighted by molar-refractivity contribution is -0.120. The summed E-state index contributed by atoms with van der Waals surface area (Å²) in [4.78, 5) is 29.0. The highest BCUT2D eigenvalue weighted by Crippen LogP contribution is 2.23. The number of nitrogens with one attached hydrogen (secondary N) is 1. The molecule has 4 aromatic rings. The molecule has 3 heterocycles. The second kappa shape index (κ2) is 8.42. The number of aromatic nitrogens is 4. The van der Waals surface area contributed by atoms with Crippen LogP contribution in [0.3, 0.4) is 0 Å². The Balaban J connectivity index is 1.37. The molecule has 32 heavy (non-hydrogen) atoms. The van der Waals surface area contributed by atoms with E-state index in [4.69, 9.17) is 0 Å². The van der Waals surface area contributed by atoms with Crippen LogP contribution in [0.2, 0.25) is 0 Å². The monoisotopic (exact) mass is 427 g/mol. The number of benzene rings is 1. The first-order valence-corrected chi connectivity index (χ1v) is 10.9. The van der Waals surface area contributed by atoms with E-state index in [1.54, 1.807) is 10.9 Å². The zero-order valence-electron chi connectivity index (χ0n) is 18.0. The van der Waals surface area contributed by atoms with Crippen molar-refractivity contribution in [3.05, 3.63) is 72.3 Å². The minimum absolute atomic E-state index is 0.0438. The van der Waals surface area contributed by atoms with Gasteiger partial charge < -0.3 is 9.88 Å². The third kappa shape index (κ3) is 4.06. The van der Waals surface area contributed by atoms with Crippen LogP contribution in [-0.4, -0.2) is 37.1 Å². The normalized spacial score (nSPS) is 14.7. The fourth-order valence-electron chi connectivity index (χ4n) is 4.34. The van der Waals surface area contributed by atoms with Gasteiger partial charge in [-0.2, -0.15) is 5.10 Å². The first-order chi connectivity index (χ1) is 15.6. The molecule has 0 radical (unpaired) electrons. The number of rotatable bonds is 5. The van der Waals surface area contributed by atoms with E-state index in [1.807, 2.05) is 37.8 Å². The molecule has 7 nitrogen and oxygen atoms in total. The molecule has 5 rings (SSSR count). The second-order valence-electron chi connectivity index (χ2n) is 8.43. The molecule has 0 unspecified atom stereocenters. The standard InChI is InChI=1S/C25H25N5O2/c1-29-15-19(13-27-29)18-6-4-17(5-7-18)14-30-16-22(24-23(30)3-2-12-26-24)25(32)28-20-8-10-21(31)11-9-20/h2-7,12-13,15-16,20H,8-11,14H2,1H3,(H,28,32). The molecule has 3 aromatic heterocycles. The van der Waals surface area contributed by atoms with E-state index in [-0.39, 0.29) is 17.7 Å². The van der Waals surface area contributed by atoms with Gasteiger partial charge in [0.15, 0.2) is 0 Å². The summed E-state index contributed by atoms with van der Waals surface area (Å²) in [6, 6.07) is 12.3. The molecule has 1 aliphatic carbocycles. The molecule has 1 N–H and O–H groups in total. The van der Waals surface area contributed by atoms with Gasteiger partial charge in [-0.15, -0.1) is 0 Å². The fraction of sp³-hybridized carbons (Fsp3) is 0.280. The van der Waals surface area contributed by atoms with Gasteiger partial charge in [0, 0.05) is 56.6 Å². The largest absolute Gasteiger partial charge is 0.349 e. The van der Waals surface area contributed by atoms with E-state index in [0.29, 0.717) is 43.3 Å². The Morgan fingerprint density at radius 3 is 2.59 bits per heavy atom. The number of fused-ring (bicyclic) bond motifs is 1. The summed E-state index contributed by atoms with van der Waals surface area (Å²) in [6.45, 7) is 0.640. The Kier molecular flexibility index (Phi) is 5.31. The first kappa shape index (κ1) is 20.2. The average Bonchev–Trinajstić information content (AvgIpc) is 3.40. The van der Waals surface area contributed by atoms with Crippen LogP contribution in [-0.2, 0) is 18.4 Å². The van der Waals surface area contributed by atoms with Crippen molar-refractivity contribution in [1.29, 1.82) is 0 Å². The van der Waals surface area contributed by atoms with Gasteiger partial charge >= 0.3 is 0 Å². The predicted molar refractivity (Wildman–Crippen MR) is 122 cm³/mol. The molecule has 162 valence electrons. The maximum Gasteiger partial charge on any atom is 0.255 e. The highest BCUT2D eigenvalue weighted by molar-refractivity contribution is 6.05. The topological polar surface area (TPSA) is 81.8 Å². The highest BCUT2D eigenvalue weighted by atomic mass is 16.2. The van der Waals surface area contributed by atoms with Gasteiger partial charge in [0.1, 0.15) is 11.3 Å². The van der Waals surface area contributed by atoms with Crippen LogP contribution >= 0.6 is 0 Å². The number of Topliss-reactive ketones (excluding diaryl/α,β-unsaturated/α-hetero) is 1. The second-order valence-corrected chi connectivity index (χ2v) is 8.43. The first-order valence-electron chi connectivity index (χ1n) is 10.9. The minimum Gasteiger partial charge on any atom is -0.349 e. The SMILES string of the molecule is Cn1cc(-c2ccc(Cn3cc(C(=O)NC4CCC(=O)CC4)c4ncccc43)cc2)cn1. The van der Waals surface area contributed by atoms with Gasteiger partial charge in [0.2, 0.25) is 0 Å². The third-order valence-corrected chi connectivity index (χ3v) is 6.10. The van der Waals surface area contributed by atoms with Gasteiger partial charge in [0.25, 0.3) is 5.91 Å². The average molecular weight is 428 g/mol. The quantitative estimate of drug-likeness (QED) is 0.526. The maximum absolute atomic E-state index is 13.0. The summed E-state index contributed by atoms with van der Waals surface area (Å²) < 4.78 is 3.86. The van der Waals surface area contributed by atoms with E-state index < -0.39 is 0 Å². The summed E-state index contributed by atoms with van der Waals surface area (Å²) in [5.74, 6) is 0.155. The molecule has 1 fully saturated rings. The van der Waals surface area contributed by atoms with Gasteiger partial charge in [0.05, 0.1) is 17.3 Å². The van der Waals surface area contributed by atoms with Crippen LogP contribution in [0, 0.1) is 0 Å². The molecule has 0 saturated heterocycles. The molecule has 1 amide bonds. The van der Waals surface area contributed by atoms with Crippen molar-refractivity contribution in [2.24, 2.45) is 7.05 Å². The molecule has 0 aliphatic heterocycles. The van der Waals surface area contributed by atoms with E-state index in [9.17, 15) is 9.59 Å². The number of amides is 1. The van der Waals surface area contributed by atoms with Crippen LogP contribution in [0.1, 0.15) is 41.6 Å². The molecule has 0 atom stereocenters. The number of nitrogens with zero attached hydrogens (tertiary/aromatic N) is 4. The molecular formula is C25H25N5O2. The number of pyridine rings is 1. The van der Waals surface area contributed by atoms with E-state index in [0.717, 1.165) is 22.2 Å². The van der Waals surface area contributed by atoms with Crippen molar-refractivity contribution < 1.29 is 9.59 Å². The summed E-state index contributed by atoms with van der Waals surface area (Å²) in [5, 5.41) is 7.33. The molecule has 1 aromatic carbocycles. The van der Waals surface area contributed by atoms with Crippen molar-refractivity contribution in [3.8, 4) is 11.1 Å². The molecule has 0 bridgehead atoms. The molecule has 0 spiro atoms. The fourth-order valence-corrected chi connectivity index (χ4v) is 4.34. The number of carbonyl (C=O) groups is 2. The summed E-state index contributed by atoms with van der Waals surface area (Å²) >= 11 is 0. The van der Waals surface area contributed by atoms with Crippen LogP contribution in [0.4, 0.5) is 0 Å². The smallest absolute Gasteiger partial charge is 0.255 e. The summed E-state index contributed by atoms with van der Waals surface area (Å²) in [5.41, 5.74) is 5.53. The Morgan fingerprint density at radius 1 is 1.09 bits per heavy atom. The number of carbonyl (C=O) groups excluding carboxylic acids is 2. The minimum atomic E-state index is -0.126. The van der Waals surface area contributed by atoms with Crippen molar-refractivity contribution in [3.63, 3.8) is 0 Å². The number of ketones is 1. The number of aryl methyl sites for hydroxylation is 1. The maximum atomic E-state index is 13.0. The zero-order valence-corrected chi connectivity index (χ0v) is 18.0. The third-order valence-electron chi connectivity index (χ3n) is 6.10. The molecule has 7 heteroatoms. The Hall–Kier alpha value is -3.74. The Bertz CT molecular complexity index is 1280. The molecule has 1 saturated carbocycles. The van der Waals surface area contributed by atoms with Gasteiger partial charge in [-0.25, -0.2) is 0 Å². The van der Waals surface area contributed by atoms with Crippen LogP contribution in [0.5, 0.6) is 0 Å². The van der Waals surface area contributed by atoms with Crippen molar-refractivity contribution in [2.75, 3.05) is 0 Å². The van der Waals surface area contributed by atoms with Gasteiger partial charge in [-0.3, -0.25) is 19.3 Å². The lowest BCUT2D eigenvalue weighted by Gasteiger charge is -2.21. The van der Waals surface area contributed by atoms with Crippen molar-refractivity contribution in [1.82, 2.24) is 24.6 Å². The van der Waals surface area contributed by atoms with Crippen molar-refractivity contribution in [2.45, 2.75) is 38.3 Å². The van der Waals surface area contributed by atoms with Crippen LogP contribution in [0.15, 0.2) is 61.2 Å². The lowest BCUT2D eigenvalue weighted by Crippen LogP contribution is -2.37. The number of hydrogen-bond acceptors (Lipinski definition) is 4. The van der Waals surface area contributed by atoms with E-state index >= 15 is 0 Å². The van der Waals surface area contributed by atoms with Crippen LogP contribution in [0.25, 0.3) is 22.2 Å². The Morgan fingerprint density at radius 2 is 1.88 bits per heavy atom. The predicted octanol–water partition coefficient (Wildman–Crippen LogP) is 3.73. The molecular weight excluding hydrogens is 402 g/mol. The van der Waals surface area contributed by atoms with Gasteiger partial charge in [-0.1, -0.05) is 24.3 Å². The number of hydrogen-bond donors (Lipinski definition) is 1. The Labute approximate surface area is 186 Å². The lowest BCUT2D eigenvalue weighted by atomic mass is 9.94. The summed E-state index contributed by atoms with van der Waals surface area (Å²) in [6.07, 6.45) is 9.95. The highest BCUT2D eigenvalue weighted by Gasteiger charge is 2.23. The van der Waals surface area contributed by atoms with Crippen LogP contribution < -0.4 is 5.32 Å². The molecule has 1 aliphatic rings. The van der Waals surface area contributed by atoms with Crippen molar-refractivity contribution >= 4 is 22.7 Å².